The minimum absolute atomic E-state index is 0.0414. The molecule has 0 unspecified atom stereocenters. The average Bonchev–Trinajstić information content (AvgIpc) is 2.83. The fraction of sp³-hybridized carbons (Fsp3) is 0.200. The van der Waals surface area contributed by atoms with Crippen molar-refractivity contribution in [3.8, 4) is 0 Å². The van der Waals surface area contributed by atoms with Crippen molar-refractivity contribution in [1.82, 2.24) is 10.2 Å². The van der Waals surface area contributed by atoms with Gasteiger partial charge in [0.1, 0.15) is 0 Å². The van der Waals surface area contributed by atoms with Gasteiger partial charge in [0, 0.05) is 38.8 Å². The molecule has 0 saturated heterocycles. The normalized spacial score (nSPS) is 11.0. The molecule has 0 spiro atoms. The molecule has 0 atom stereocenters. The minimum atomic E-state index is -3.84. The Labute approximate surface area is 194 Å². The monoisotopic (exact) mass is 465 g/mol. The highest BCUT2D eigenvalue weighted by atomic mass is 32.2. The predicted molar refractivity (Wildman–Crippen MR) is 129 cm³/mol. The van der Waals surface area contributed by atoms with Crippen LogP contribution in [0, 0.1) is 6.92 Å². The summed E-state index contributed by atoms with van der Waals surface area (Å²) in [6, 6.07) is 20.2. The highest BCUT2D eigenvalue weighted by Crippen LogP contribution is 2.23. The van der Waals surface area contributed by atoms with Crippen molar-refractivity contribution in [2.75, 3.05) is 25.4 Å². The lowest BCUT2D eigenvalue weighted by atomic mass is 10.1. The van der Waals surface area contributed by atoms with Gasteiger partial charge in [-0.3, -0.25) is 13.9 Å². The number of sulfonamides is 1. The van der Waals surface area contributed by atoms with Crippen LogP contribution in [0.15, 0.2) is 77.7 Å². The van der Waals surface area contributed by atoms with E-state index < -0.39 is 10.0 Å². The fourth-order valence-corrected chi connectivity index (χ4v) is 4.55. The van der Waals surface area contributed by atoms with Gasteiger partial charge >= 0.3 is 0 Å². The van der Waals surface area contributed by atoms with E-state index in [2.05, 4.69) is 5.32 Å². The minimum Gasteiger partial charge on any atom is -0.355 e. The lowest BCUT2D eigenvalue weighted by molar-refractivity contribution is 0.0784. The molecule has 8 heteroatoms. The van der Waals surface area contributed by atoms with Crippen LogP contribution in [-0.2, 0) is 16.6 Å². The lowest BCUT2D eigenvalue weighted by Gasteiger charge is -2.21. The van der Waals surface area contributed by atoms with E-state index in [0.29, 0.717) is 17.8 Å². The number of amides is 2. The van der Waals surface area contributed by atoms with Gasteiger partial charge < -0.3 is 10.2 Å². The molecule has 0 bridgehead atoms. The van der Waals surface area contributed by atoms with Crippen molar-refractivity contribution in [2.24, 2.45) is 0 Å². The van der Waals surface area contributed by atoms with E-state index in [9.17, 15) is 18.0 Å². The second-order valence-corrected chi connectivity index (χ2v) is 9.74. The molecule has 0 aliphatic heterocycles. The lowest BCUT2D eigenvalue weighted by Crippen LogP contribution is -2.28. The third kappa shape index (κ3) is 5.40. The van der Waals surface area contributed by atoms with Crippen LogP contribution in [0.25, 0.3) is 0 Å². The number of nitrogens with zero attached hydrogens (tertiary/aromatic N) is 2. The molecule has 0 heterocycles. The first kappa shape index (κ1) is 24.0. The predicted octanol–water partition coefficient (Wildman–Crippen LogP) is 3.45. The van der Waals surface area contributed by atoms with Crippen LogP contribution in [0.5, 0.6) is 0 Å². The highest BCUT2D eigenvalue weighted by molar-refractivity contribution is 7.92. The molecule has 0 saturated carbocycles. The summed E-state index contributed by atoms with van der Waals surface area (Å²) in [5.41, 5.74) is 3.23. The van der Waals surface area contributed by atoms with Gasteiger partial charge in [0.25, 0.3) is 21.8 Å². The van der Waals surface area contributed by atoms with Crippen LogP contribution in [0.4, 0.5) is 5.69 Å². The van der Waals surface area contributed by atoms with Crippen molar-refractivity contribution < 1.29 is 18.0 Å². The van der Waals surface area contributed by atoms with Gasteiger partial charge in [0.15, 0.2) is 0 Å². The molecule has 0 fully saturated rings. The van der Waals surface area contributed by atoms with Gasteiger partial charge in [0.2, 0.25) is 0 Å². The van der Waals surface area contributed by atoms with E-state index in [1.807, 2.05) is 19.1 Å². The maximum atomic E-state index is 13.1. The van der Waals surface area contributed by atoms with Crippen molar-refractivity contribution >= 4 is 27.5 Å². The summed E-state index contributed by atoms with van der Waals surface area (Å²) < 4.78 is 27.5. The molecule has 0 aliphatic carbocycles. The number of rotatable bonds is 7. The molecule has 2 amide bonds. The second-order valence-electron chi connectivity index (χ2n) is 7.77. The van der Waals surface area contributed by atoms with E-state index >= 15 is 0 Å². The molecule has 33 heavy (non-hydrogen) atoms. The number of benzene rings is 3. The molecule has 0 aromatic heterocycles. The van der Waals surface area contributed by atoms with Gasteiger partial charge in [-0.1, -0.05) is 35.9 Å². The van der Waals surface area contributed by atoms with Crippen LogP contribution < -0.4 is 9.62 Å². The van der Waals surface area contributed by atoms with E-state index in [1.165, 1.54) is 28.4 Å². The number of aryl methyl sites for hydroxylation is 1. The van der Waals surface area contributed by atoms with E-state index in [1.54, 1.807) is 62.6 Å². The Bertz CT molecular complexity index is 1250. The molecule has 3 aromatic rings. The number of carbonyl (C=O) groups excluding carboxylic acids is 2. The quantitative estimate of drug-likeness (QED) is 0.579. The third-order valence-corrected chi connectivity index (χ3v) is 7.13. The molecule has 3 aromatic carbocycles. The van der Waals surface area contributed by atoms with E-state index in [4.69, 9.17) is 0 Å². The first-order chi connectivity index (χ1) is 15.6. The molecule has 7 nitrogen and oxygen atoms in total. The largest absolute Gasteiger partial charge is 0.355 e. The first-order valence-corrected chi connectivity index (χ1v) is 11.8. The van der Waals surface area contributed by atoms with Crippen LogP contribution >= 0.6 is 0 Å². The first-order valence-electron chi connectivity index (χ1n) is 10.4. The zero-order chi connectivity index (χ0) is 24.2. The molecular formula is C25H27N3O4S. The summed E-state index contributed by atoms with van der Waals surface area (Å²) in [5.74, 6) is -0.486. The number of carbonyl (C=O) groups is 2. The molecule has 0 radical (unpaired) electrons. The van der Waals surface area contributed by atoms with E-state index in [0.717, 1.165) is 11.1 Å². The Kier molecular flexibility index (Phi) is 7.18. The van der Waals surface area contributed by atoms with Crippen LogP contribution in [0.1, 0.15) is 31.8 Å². The number of anilines is 1. The Hall–Kier alpha value is -3.65. The summed E-state index contributed by atoms with van der Waals surface area (Å²) in [6.07, 6.45) is 0. The smallest absolute Gasteiger partial charge is 0.264 e. The number of nitrogens with one attached hydrogen (secondary N) is 1. The standard InChI is InChI=1S/C25H27N3O4S/c1-18-8-14-22(15-9-18)28(4)33(31,32)23-7-5-6-21(16-23)25(30)27(3)17-19-10-12-20(13-11-19)24(29)26-2/h5-16H,17H2,1-4H3,(H,26,29). The van der Waals surface area contributed by atoms with Crippen molar-refractivity contribution in [3.63, 3.8) is 0 Å². The average molecular weight is 466 g/mol. The maximum Gasteiger partial charge on any atom is 0.264 e. The SMILES string of the molecule is CNC(=O)c1ccc(CN(C)C(=O)c2cccc(S(=O)(=O)N(C)c3ccc(C)cc3)c2)cc1. The summed E-state index contributed by atoms with van der Waals surface area (Å²) in [5, 5.41) is 2.56. The topological polar surface area (TPSA) is 86.8 Å². The van der Waals surface area contributed by atoms with Gasteiger partial charge in [-0.15, -0.1) is 0 Å². The second kappa shape index (κ2) is 9.87. The number of hydrogen-bond donors (Lipinski definition) is 1. The van der Waals surface area contributed by atoms with E-state index in [-0.39, 0.29) is 22.3 Å². The summed E-state index contributed by atoms with van der Waals surface area (Å²) >= 11 is 0. The molecule has 1 N–H and O–H groups in total. The summed E-state index contributed by atoms with van der Waals surface area (Å²) in [7, 11) is 0.865. The van der Waals surface area contributed by atoms with Crippen molar-refractivity contribution in [2.45, 2.75) is 18.4 Å². The van der Waals surface area contributed by atoms with Gasteiger partial charge in [0.05, 0.1) is 10.6 Å². The number of hydrogen-bond acceptors (Lipinski definition) is 4. The van der Waals surface area contributed by atoms with Crippen LogP contribution in [0.2, 0.25) is 0 Å². The zero-order valence-electron chi connectivity index (χ0n) is 19.1. The van der Waals surface area contributed by atoms with Gasteiger partial charge in [-0.25, -0.2) is 8.42 Å². The van der Waals surface area contributed by atoms with Crippen molar-refractivity contribution in [3.05, 3.63) is 95.1 Å². The highest BCUT2D eigenvalue weighted by Gasteiger charge is 2.23. The summed E-state index contributed by atoms with van der Waals surface area (Å²) in [6.45, 7) is 2.24. The van der Waals surface area contributed by atoms with Crippen LogP contribution in [0.3, 0.4) is 0 Å². The molecule has 172 valence electrons. The Morgan fingerprint density at radius 2 is 1.52 bits per heavy atom. The molecule has 0 aliphatic rings. The zero-order valence-corrected chi connectivity index (χ0v) is 19.9. The van der Waals surface area contributed by atoms with Crippen LogP contribution in [-0.4, -0.2) is 46.3 Å². The third-order valence-electron chi connectivity index (χ3n) is 5.35. The Morgan fingerprint density at radius 3 is 2.12 bits per heavy atom. The Balaban J connectivity index is 1.78. The fourth-order valence-electron chi connectivity index (χ4n) is 3.31. The van der Waals surface area contributed by atoms with Crippen molar-refractivity contribution in [1.29, 1.82) is 0 Å². The van der Waals surface area contributed by atoms with Gasteiger partial charge in [-0.2, -0.15) is 0 Å². The molecule has 3 rings (SSSR count). The molecular weight excluding hydrogens is 438 g/mol. The summed E-state index contributed by atoms with van der Waals surface area (Å²) in [4.78, 5) is 26.2. The maximum absolute atomic E-state index is 13.1. The van der Waals surface area contributed by atoms with Gasteiger partial charge in [-0.05, 0) is 55.0 Å². The Morgan fingerprint density at radius 1 is 0.879 bits per heavy atom.